The fourth-order valence-corrected chi connectivity index (χ4v) is 5.02. The molecule has 0 radical (unpaired) electrons. The van der Waals surface area contributed by atoms with Gasteiger partial charge in [0.15, 0.2) is 0 Å². The molecule has 5 nitrogen and oxygen atoms in total. The second-order valence-electron chi connectivity index (χ2n) is 7.99. The fourth-order valence-electron chi connectivity index (χ4n) is 4.07. The molecule has 0 unspecified atom stereocenters. The van der Waals surface area contributed by atoms with Gasteiger partial charge in [-0.05, 0) is 54.8 Å². The Morgan fingerprint density at radius 2 is 1.97 bits per heavy atom. The summed E-state index contributed by atoms with van der Waals surface area (Å²) in [5.74, 6) is -0.114. The van der Waals surface area contributed by atoms with Crippen molar-refractivity contribution in [1.82, 2.24) is 15.2 Å². The number of amides is 2. The van der Waals surface area contributed by atoms with E-state index in [1.54, 1.807) is 35.5 Å². The van der Waals surface area contributed by atoms with Crippen molar-refractivity contribution in [1.29, 1.82) is 0 Å². The minimum Gasteiger partial charge on any atom is -0.351 e. The Morgan fingerprint density at radius 3 is 2.74 bits per heavy atom. The van der Waals surface area contributed by atoms with Gasteiger partial charge < -0.3 is 10.2 Å². The van der Waals surface area contributed by atoms with Crippen LogP contribution < -0.4 is 5.32 Å². The van der Waals surface area contributed by atoms with E-state index in [9.17, 15) is 14.0 Å². The number of hydrogen-bond donors (Lipinski definition) is 1. The molecule has 7 heteroatoms. The first kappa shape index (κ1) is 21.4. The summed E-state index contributed by atoms with van der Waals surface area (Å²) in [7, 11) is 0. The topological polar surface area (TPSA) is 62.3 Å². The highest BCUT2D eigenvalue weighted by Crippen LogP contribution is 2.25. The third-order valence-corrected chi connectivity index (χ3v) is 6.96. The standard InChI is InChI=1S/C24H26FN3O2S/c25-20-7-2-1-6-19(20)24(30)28-13-9-17(10-14-28)5-3-4-11-27-23(29)21-15-18-8-12-26-16-22(18)31-21/h1-2,6-8,12,15-17H,3-5,9-11,13-14H2,(H,27,29). The summed E-state index contributed by atoms with van der Waals surface area (Å²) in [4.78, 5) is 31.4. The van der Waals surface area contributed by atoms with E-state index in [1.165, 1.54) is 17.4 Å². The zero-order valence-corrected chi connectivity index (χ0v) is 18.2. The summed E-state index contributed by atoms with van der Waals surface area (Å²) in [6.45, 7) is 2.01. The number of unbranched alkanes of at least 4 members (excludes halogenated alkanes) is 1. The summed E-state index contributed by atoms with van der Waals surface area (Å²) >= 11 is 1.46. The van der Waals surface area contributed by atoms with E-state index < -0.39 is 5.82 Å². The number of halogens is 1. The van der Waals surface area contributed by atoms with Gasteiger partial charge in [-0.1, -0.05) is 25.0 Å². The van der Waals surface area contributed by atoms with Gasteiger partial charge in [-0.15, -0.1) is 11.3 Å². The van der Waals surface area contributed by atoms with Crippen LogP contribution in [0.3, 0.4) is 0 Å². The quantitative estimate of drug-likeness (QED) is 0.533. The molecule has 3 aromatic rings. The average Bonchev–Trinajstić information content (AvgIpc) is 3.23. The normalized spacial score (nSPS) is 14.7. The van der Waals surface area contributed by atoms with Crippen molar-refractivity contribution in [2.75, 3.05) is 19.6 Å². The Hall–Kier alpha value is -2.80. The first-order chi connectivity index (χ1) is 15.1. The predicted octanol–water partition coefficient (Wildman–Crippen LogP) is 4.89. The number of thiophene rings is 1. The molecule has 0 aliphatic carbocycles. The molecule has 3 heterocycles. The van der Waals surface area contributed by atoms with Crippen molar-refractivity contribution in [2.24, 2.45) is 5.92 Å². The van der Waals surface area contributed by atoms with E-state index in [4.69, 9.17) is 0 Å². The van der Waals surface area contributed by atoms with Crippen LogP contribution in [0.25, 0.3) is 10.1 Å². The van der Waals surface area contributed by atoms with Gasteiger partial charge in [-0.3, -0.25) is 14.6 Å². The molecule has 0 saturated carbocycles. The number of nitrogens with zero attached hydrogens (tertiary/aromatic N) is 2. The third-order valence-electron chi connectivity index (χ3n) is 5.88. The molecule has 2 amide bonds. The fraction of sp³-hybridized carbons (Fsp3) is 0.375. The molecule has 0 bridgehead atoms. The minimum absolute atomic E-state index is 0.0267. The molecule has 0 atom stereocenters. The van der Waals surface area contributed by atoms with Crippen LogP contribution in [0.1, 0.15) is 52.1 Å². The van der Waals surface area contributed by atoms with Crippen LogP contribution in [-0.4, -0.2) is 41.3 Å². The number of piperidine rings is 1. The number of pyridine rings is 1. The molecule has 4 rings (SSSR count). The molecule has 1 fully saturated rings. The second kappa shape index (κ2) is 10.0. The Bertz CT molecular complexity index is 1030. The highest BCUT2D eigenvalue weighted by molar-refractivity contribution is 7.20. The molecule has 1 aromatic carbocycles. The number of benzene rings is 1. The molecule has 1 saturated heterocycles. The molecular formula is C24H26FN3O2S. The molecule has 0 spiro atoms. The van der Waals surface area contributed by atoms with Gasteiger partial charge >= 0.3 is 0 Å². The molecule has 2 aromatic heterocycles. The van der Waals surface area contributed by atoms with Gasteiger partial charge in [0, 0.05) is 32.0 Å². The Balaban J connectivity index is 1.14. The molecule has 1 aliphatic rings. The lowest BCUT2D eigenvalue weighted by molar-refractivity contribution is 0.0681. The predicted molar refractivity (Wildman–Crippen MR) is 121 cm³/mol. The van der Waals surface area contributed by atoms with Crippen LogP contribution in [0.5, 0.6) is 0 Å². The lowest BCUT2D eigenvalue weighted by Gasteiger charge is -2.32. The summed E-state index contributed by atoms with van der Waals surface area (Å²) in [5.41, 5.74) is 0.159. The number of fused-ring (bicyclic) bond motifs is 1. The van der Waals surface area contributed by atoms with E-state index in [1.807, 2.05) is 12.1 Å². The number of carbonyl (C=O) groups is 2. The van der Waals surface area contributed by atoms with Crippen molar-refractivity contribution in [3.63, 3.8) is 0 Å². The zero-order chi connectivity index (χ0) is 21.6. The first-order valence-electron chi connectivity index (χ1n) is 10.8. The Kier molecular flexibility index (Phi) is 6.92. The summed E-state index contributed by atoms with van der Waals surface area (Å²) in [6, 6.07) is 10.00. The largest absolute Gasteiger partial charge is 0.351 e. The number of carbonyl (C=O) groups excluding carboxylic acids is 2. The van der Waals surface area contributed by atoms with E-state index in [0.717, 1.165) is 47.1 Å². The molecule has 1 aliphatic heterocycles. The molecular weight excluding hydrogens is 413 g/mol. The van der Waals surface area contributed by atoms with Crippen LogP contribution in [0.2, 0.25) is 0 Å². The summed E-state index contributed by atoms with van der Waals surface area (Å²) in [5, 5.41) is 4.05. The van der Waals surface area contributed by atoms with Gasteiger partial charge in [0.05, 0.1) is 15.1 Å². The maximum absolute atomic E-state index is 13.9. The van der Waals surface area contributed by atoms with Crippen LogP contribution in [0, 0.1) is 11.7 Å². The smallest absolute Gasteiger partial charge is 0.261 e. The summed E-state index contributed by atoms with van der Waals surface area (Å²) in [6.07, 6.45) is 8.48. The lowest BCUT2D eigenvalue weighted by Crippen LogP contribution is -2.38. The van der Waals surface area contributed by atoms with Crippen molar-refractivity contribution in [3.8, 4) is 0 Å². The lowest BCUT2D eigenvalue weighted by atomic mass is 9.91. The molecule has 31 heavy (non-hydrogen) atoms. The second-order valence-corrected chi connectivity index (χ2v) is 9.08. The van der Waals surface area contributed by atoms with Crippen molar-refractivity contribution >= 4 is 33.2 Å². The number of aromatic nitrogens is 1. The highest BCUT2D eigenvalue weighted by Gasteiger charge is 2.24. The molecule has 1 N–H and O–H groups in total. The molecule has 162 valence electrons. The maximum atomic E-state index is 13.9. The monoisotopic (exact) mass is 439 g/mol. The van der Waals surface area contributed by atoms with E-state index in [2.05, 4.69) is 10.3 Å². The van der Waals surface area contributed by atoms with Crippen LogP contribution in [0.4, 0.5) is 4.39 Å². The van der Waals surface area contributed by atoms with Crippen LogP contribution >= 0.6 is 11.3 Å². The first-order valence-corrected chi connectivity index (χ1v) is 11.6. The highest BCUT2D eigenvalue weighted by atomic mass is 32.1. The van der Waals surface area contributed by atoms with Gasteiger partial charge in [0.2, 0.25) is 0 Å². The number of rotatable bonds is 7. The van der Waals surface area contributed by atoms with Crippen molar-refractivity contribution in [2.45, 2.75) is 32.1 Å². The number of nitrogens with one attached hydrogen (secondary N) is 1. The Labute approximate surface area is 185 Å². The van der Waals surface area contributed by atoms with Gasteiger partial charge in [0.1, 0.15) is 5.82 Å². The zero-order valence-electron chi connectivity index (χ0n) is 17.4. The van der Waals surface area contributed by atoms with Gasteiger partial charge in [-0.25, -0.2) is 4.39 Å². The average molecular weight is 440 g/mol. The van der Waals surface area contributed by atoms with E-state index in [-0.39, 0.29) is 17.4 Å². The van der Waals surface area contributed by atoms with Crippen LogP contribution in [-0.2, 0) is 0 Å². The van der Waals surface area contributed by atoms with Crippen LogP contribution in [0.15, 0.2) is 48.8 Å². The van der Waals surface area contributed by atoms with Gasteiger partial charge in [-0.2, -0.15) is 0 Å². The Morgan fingerprint density at radius 1 is 1.16 bits per heavy atom. The summed E-state index contributed by atoms with van der Waals surface area (Å²) < 4.78 is 14.9. The van der Waals surface area contributed by atoms with E-state index in [0.29, 0.717) is 25.6 Å². The maximum Gasteiger partial charge on any atom is 0.261 e. The SMILES string of the molecule is O=C(NCCCCC1CCN(C(=O)c2ccccc2F)CC1)c1cc2ccncc2s1. The van der Waals surface area contributed by atoms with Gasteiger partial charge in [0.25, 0.3) is 11.8 Å². The van der Waals surface area contributed by atoms with Crippen molar-refractivity contribution < 1.29 is 14.0 Å². The number of likely N-dealkylation sites (tertiary alicyclic amines) is 1. The third kappa shape index (κ3) is 5.28. The van der Waals surface area contributed by atoms with Crippen molar-refractivity contribution in [3.05, 3.63) is 65.0 Å². The number of hydrogen-bond acceptors (Lipinski definition) is 4. The van der Waals surface area contributed by atoms with E-state index >= 15 is 0 Å². The minimum atomic E-state index is -0.455.